The number of allylic oxidation sites excluding steroid dienone is 2. The second-order valence-corrected chi connectivity index (χ2v) is 3.75. The normalized spacial score (nSPS) is 14.3. The molecule has 0 aromatic heterocycles. The van der Waals surface area contributed by atoms with E-state index in [-0.39, 0.29) is 5.78 Å². The summed E-state index contributed by atoms with van der Waals surface area (Å²) in [4.78, 5) is 11.0. The average molecular weight is 213 g/mol. The highest BCUT2D eigenvalue weighted by Gasteiger charge is 2.26. The van der Waals surface area contributed by atoms with Crippen molar-refractivity contribution in [2.45, 2.75) is 25.7 Å². The minimum absolute atomic E-state index is 0.0380. The Morgan fingerprint density at radius 2 is 2.06 bits per heavy atom. The Bertz CT molecular complexity index is 428. The first-order valence-corrected chi connectivity index (χ1v) is 5.31. The van der Waals surface area contributed by atoms with E-state index in [9.17, 15) is 10.1 Å². The van der Waals surface area contributed by atoms with Gasteiger partial charge in [0.1, 0.15) is 5.41 Å². The summed E-state index contributed by atoms with van der Waals surface area (Å²) in [7, 11) is 0. The van der Waals surface area contributed by atoms with Gasteiger partial charge in [0.05, 0.1) is 6.07 Å². The van der Waals surface area contributed by atoms with Crippen LogP contribution < -0.4 is 0 Å². The van der Waals surface area contributed by atoms with Gasteiger partial charge in [-0.3, -0.25) is 4.79 Å². The fraction of sp³-hybridized carbons (Fsp3) is 0.286. The van der Waals surface area contributed by atoms with Gasteiger partial charge in [-0.25, -0.2) is 0 Å². The molecule has 2 nitrogen and oxygen atoms in total. The first-order chi connectivity index (χ1) is 7.64. The molecule has 0 aliphatic heterocycles. The van der Waals surface area contributed by atoms with Crippen LogP contribution in [0.15, 0.2) is 42.5 Å². The van der Waals surface area contributed by atoms with Crippen LogP contribution in [0.4, 0.5) is 0 Å². The van der Waals surface area contributed by atoms with E-state index in [0.717, 1.165) is 5.56 Å². The number of carbonyl (C=O) groups is 1. The van der Waals surface area contributed by atoms with E-state index >= 15 is 0 Å². The number of nitriles is 1. The molecule has 1 aromatic rings. The number of rotatable bonds is 4. The van der Waals surface area contributed by atoms with Crippen LogP contribution >= 0.6 is 0 Å². The molecule has 0 aliphatic carbocycles. The Morgan fingerprint density at radius 3 is 2.50 bits per heavy atom. The molecule has 0 spiro atoms. The molecule has 16 heavy (non-hydrogen) atoms. The molecule has 0 radical (unpaired) electrons. The first kappa shape index (κ1) is 12.2. The summed E-state index contributed by atoms with van der Waals surface area (Å²) in [6.07, 6.45) is 3.82. The molecule has 0 aliphatic rings. The zero-order valence-corrected chi connectivity index (χ0v) is 9.60. The maximum Gasteiger partial charge on any atom is 0.152 e. The Morgan fingerprint density at radius 1 is 1.44 bits per heavy atom. The predicted octanol–water partition coefficient (Wildman–Crippen LogP) is 3.00. The summed E-state index contributed by atoms with van der Waals surface area (Å²) in [5.74, 6) is -0.0380. The average Bonchev–Trinajstić information content (AvgIpc) is 2.32. The van der Waals surface area contributed by atoms with E-state index in [2.05, 4.69) is 6.07 Å². The molecule has 82 valence electrons. The van der Waals surface area contributed by atoms with Gasteiger partial charge in [0, 0.05) is 0 Å². The molecule has 1 aromatic carbocycles. The van der Waals surface area contributed by atoms with Crippen molar-refractivity contribution in [3.05, 3.63) is 48.0 Å². The second kappa shape index (κ2) is 5.27. The Labute approximate surface area is 96.2 Å². The quantitative estimate of drug-likeness (QED) is 0.721. The summed E-state index contributed by atoms with van der Waals surface area (Å²) < 4.78 is 0. The van der Waals surface area contributed by atoms with Gasteiger partial charge in [-0.1, -0.05) is 43.3 Å². The maximum atomic E-state index is 11.0. The third kappa shape index (κ3) is 2.58. The van der Waals surface area contributed by atoms with Gasteiger partial charge in [-0.15, -0.1) is 0 Å². The molecule has 1 unspecified atom stereocenters. The third-order valence-electron chi connectivity index (χ3n) is 2.65. The van der Waals surface area contributed by atoms with E-state index in [1.165, 1.54) is 13.0 Å². The molecule has 0 saturated carbocycles. The Balaban J connectivity index is 3.18. The molecular weight excluding hydrogens is 198 g/mol. The molecule has 2 heteroatoms. The minimum atomic E-state index is -0.688. The zero-order valence-electron chi connectivity index (χ0n) is 9.60. The molecule has 0 bridgehead atoms. The molecule has 0 fully saturated rings. The molecule has 0 heterocycles. The van der Waals surface area contributed by atoms with Gasteiger partial charge >= 0.3 is 0 Å². The first-order valence-electron chi connectivity index (χ1n) is 5.31. The van der Waals surface area contributed by atoms with E-state index in [4.69, 9.17) is 0 Å². The van der Waals surface area contributed by atoms with Crippen molar-refractivity contribution in [3.8, 4) is 6.07 Å². The fourth-order valence-electron chi connectivity index (χ4n) is 1.59. The monoisotopic (exact) mass is 213 g/mol. The maximum absolute atomic E-state index is 11.0. The highest BCUT2D eigenvalue weighted by atomic mass is 16.1. The van der Waals surface area contributed by atoms with Gasteiger partial charge in [-0.05, 0) is 25.0 Å². The summed E-state index contributed by atoms with van der Waals surface area (Å²) in [5, 5.41) is 9.33. The van der Waals surface area contributed by atoms with Crippen LogP contribution in [0.25, 0.3) is 0 Å². The summed E-state index contributed by atoms with van der Waals surface area (Å²) >= 11 is 0. The van der Waals surface area contributed by atoms with Crippen LogP contribution in [-0.2, 0) is 10.2 Å². The zero-order chi connectivity index (χ0) is 12.0. The smallest absolute Gasteiger partial charge is 0.152 e. The van der Waals surface area contributed by atoms with E-state index < -0.39 is 5.41 Å². The largest absolute Gasteiger partial charge is 0.295 e. The highest BCUT2D eigenvalue weighted by molar-refractivity contribution is 5.87. The lowest BCUT2D eigenvalue weighted by molar-refractivity contribution is -0.112. The SMILES string of the molecule is CCC(C#N)(/C=C/C(C)=O)c1ccccc1. The number of carbonyl (C=O) groups excluding carboxylic acids is 1. The molecule has 0 N–H and O–H groups in total. The van der Waals surface area contributed by atoms with Crippen LogP contribution in [0.1, 0.15) is 25.8 Å². The number of hydrogen-bond donors (Lipinski definition) is 0. The lowest BCUT2D eigenvalue weighted by Gasteiger charge is -2.21. The minimum Gasteiger partial charge on any atom is -0.295 e. The van der Waals surface area contributed by atoms with Crippen molar-refractivity contribution < 1.29 is 4.79 Å². The van der Waals surface area contributed by atoms with Gasteiger partial charge in [-0.2, -0.15) is 5.26 Å². The molecule has 0 saturated heterocycles. The van der Waals surface area contributed by atoms with Crippen molar-refractivity contribution in [1.82, 2.24) is 0 Å². The number of ketones is 1. The summed E-state index contributed by atoms with van der Waals surface area (Å²) in [5.41, 5.74) is 0.241. The standard InChI is InChI=1S/C14H15NO/c1-3-14(11-15,10-9-12(2)16)13-7-5-4-6-8-13/h4-10H,3H2,1-2H3/b10-9+. The molecular formula is C14H15NO. The van der Waals surface area contributed by atoms with Gasteiger partial charge in [0.25, 0.3) is 0 Å². The molecule has 0 amide bonds. The van der Waals surface area contributed by atoms with Crippen molar-refractivity contribution >= 4 is 5.78 Å². The van der Waals surface area contributed by atoms with Crippen molar-refractivity contribution in [3.63, 3.8) is 0 Å². The van der Waals surface area contributed by atoms with Crippen LogP contribution in [-0.4, -0.2) is 5.78 Å². The van der Waals surface area contributed by atoms with E-state index in [1.807, 2.05) is 37.3 Å². The van der Waals surface area contributed by atoms with Crippen molar-refractivity contribution in [2.75, 3.05) is 0 Å². The topological polar surface area (TPSA) is 40.9 Å². The summed E-state index contributed by atoms with van der Waals surface area (Å²) in [6.45, 7) is 3.43. The fourth-order valence-corrected chi connectivity index (χ4v) is 1.59. The van der Waals surface area contributed by atoms with E-state index in [1.54, 1.807) is 6.08 Å². The Kier molecular flexibility index (Phi) is 4.02. The molecule has 1 rings (SSSR count). The van der Waals surface area contributed by atoms with Crippen molar-refractivity contribution in [2.24, 2.45) is 0 Å². The van der Waals surface area contributed by atoms with Crippen LogP contribution in [0.2, 0.25) is 0 Å². The van der Waals surface area contributed by atoms with Crippen LogP contribution in [0.5, 0.6) is 0 Å². The predicted molar refractivity (Wildman–Crippen MR) is 63.8 cm³/mol. The third-order valence-corrected chi connectivity index (χ3v) is 2.65. The highest BCUT2D eigenvalue weighted by Crippen LogP contribution is 2.28. The number of benzene rings is 1. The van der Waals surface area contributed by atoms with Crippen LogP contribution in [0, 0.1) is 11.3 Å². The van der Waals surface area contributed by atoms with Crippen molar-refractivity contribution in [1.29, 1.82) is 5.26 Å². The van der Waals surface area contributed by atoms with Gasteiger partial charge < -0.3 is 0 Å². The second-order valence-electron chi connectivity index (χ2n) is 3.75. The lowest BCUT2D eigenvalue weighted by atomic mass is 9.79. The van der Waals surface area contributed by atoms with Crippen LogP contribution in [0.3, 0.4) is 0 Å². The van der Waals surface area contributed by atoms with Gasteiger partial charge in [0.2, 0.25) is 0 Å². The lowest BCUT2D eigenvalue weighted by Crippen LogP contribution is -2.20. The number of hydrogen-bond acceptors (Lipinski definition) is 2. The van der Waals surface area contributed by atoms with E-state index in [0.29, 0.717) is 6.42 Å². The Hall–Kier alpha value is -1.88. The molecule has 1 atom stereocenters. The summed E-state index contributed by atoms with van der Waals surface area (Å²) in [6, 6.07) is 11.8. The number of nitrogens with zero attached hydrogens (tertiary/aromatic N) is 1. The van der Waals surface area contributed by atoms with Gasteiger partial charge in [0.15, 0.2) is 5.78 Å².